The number of nitrogens with two attached hydrogens (primary N) is 1. The molecule has 1 aliphatic rings. The maximum absolute atomic E-state index is 11.1. The van der Waals surface area contributed by atoms with Crippen LogP contribution in [-0.2, 0) is 4.79 Å². The van der Waals surface area contributed by atoms with Crippen molar-refractivity contribution in [1.29, 1.82) is 0 Å². The monoisotopic (exact) mass is 229 g/mol. The molecule has 17 heavy (non-hydrogen) atoms. The Morgan fingerprint density at radius 1 is 1.35 bits per heavy atom. The molecule has 88 valence electrons. The summed E-state index contributed by atoms with van der Waals surface area (Å²) in [5.74, 6) is 0.155. The second-order valence-electron chi connectivity index (χ2n) is 4.62. The Labute approximate surface area is 99.6 Å². The molecule has 2 N–H and O–H groups in total. The van der Waals surface area contributed by atoms with Crippen molar-refractivity contribution in [3.63, 3.8) is 0 Å². The second kappa shape index (κ2) is 3.52. The van der Waals surface area contributed by atoms with Crippen molar-refractivity contribution in [2.75, 3.05) is 18.8 Å². The van der Waals surface area contributed by atoms with E-state index in [0.29, 0.717) is 6.04 Å². The van der Waals surface area contributed by atoms with Crippen LogP contribution in [0.1, 0.15) is 13.0 Å². The smallest absolute Gasteiger partial charge is 0.219 e. The van der Waals surface area contributed by atoms with Crippen molar-refractivity contribution in [3.8, 4) is 0 Å². The van der Waals surface area contributed by atoms with Crippen molar-refractivity contribution < 1.29 is 4.79 Å². The number of anilines is 1. The van der Waals surface area contributed by atoms with E-state index in [1.165, 1.54) is 5.52 Å². The van der Waals surface area contributed by atoms with E-state index in [4.69, 9.17) is 5.73 Å². The molecule has 0 aliphatic carbocycles. The topological polar surface area (TPSA) is 51.3 Å². The van der Waals surface area contributed by atoms with Crippen LogP contribution in [0.5, 0.6) is 0 Å². The zero-order chi connectivity index (χ0) is 12.0. The molecule has 1 aliphatic heterocycles. The van der Waals surface area contributed by atoms with E-state index in [-0.39, 0.29) is 5.91 Å². The predicted molar refractivity (Wildman–Crippen MR) is 67.6 cm³/mol. The Balaban J connectivity index is 1.90. The fourth-order valence-corrected chi connectivity index (χ4v) is 2.39. The molecule has 0 spiro atoms. The van der Waals surface area contributed by atoms with Crippen molar-refractivity contribution in [3.05, 3.63) is 30.5 Å². The highest BCUT2D eigenvalue weighted by atomic mass is 16.2. The predicted octanol–water partition coefficient (Wildman–Crippen LogP) is 1.63. The van der Waals surface area contributed by atoms with Crippen LogP contribution >= 0.6 is 0 Å². The van der Waals surface area contributed by atoms with Crippen molar-refractivity contribution >= 4 is 22.5 Å². The SMILES string of the molecule is CC(=O)N1CC(n2ccc3cc(N)ccc32)C1. The van der Waals surface area contributed by atoms with Crippen LogP contribution in [0.4, 0.5) is 5.69 Å². The van der Waals surface area contributed by atoms with Gasteiger partial charge in [0.2, 0.25) is 5.91 Å². The number of aromatic nitrogens is 1. The van der Waals surface area contributed by atoms with Crippen LogP contribution in [0.15, 0.2) is 30.5 Å². The van der Waals surface area contributed by atoms with Gasteiger partial charge in [0, 0.05) is 42.8 Å². The fraction of sp³-hybridized carbons (Fsp3) is 0.308. The molecular formula is C13H15N3O. The third-order valence-corrected chi connectivity index (χ3v) is 3.45. The summed E-state index contributed by atoms with van der Waals surface area (Å²) in [6.45, 7) is 3.23. The van der Waals surface area contributed by atoms with Crippen LogP contribution in [0.3, 0.4) is 0 Å². The van der Waals surface area contributed by atoms with E-state index < -0.39 is 0 Å². The van der Waals surface area contributed by atoms with Crippen molar-refractivity contribution in [1.82, 2.24) is 9.47 Å². The minimum atomic E-state index is 0.155. The molecule has 0 atom stereocenters. The summed E-state index contributed by atoms with van der Waals surface area (Å²) in [7, 11) is 0. The zero-order valence-corrected chi connectivity index (χ0v) is 9.76. The van der Waals surface area contributed by atoms with Gasteiger partial charge >= 0.3 is 0 Å². The van der Waals surface area contributed by atoms with E-state index in [1.54, 1.807) is 6.92 Å². The molecular weight excluding hydrogens is 214 g/mol. The number of fused-ring (bicyclic) bond motifs is 1. The Hall–Kier alpha value is -1.97. The third kappa shape index (κ3) is 1.56. The number of rotatable bonds is 1. The van der Waals surface area contributed by atoms with Crippen LogP contribution in [0.2, 0.25) is 0 Å². The van der Waals surface area contributed by atoms with Gasteiger partial charge in [-0.05, 0) is 24.3 Å². The van der Waals surface area contributed by atoms with E-state index >= 15 is 0 Å². The number of nitrogen functional groups attached to an aromatic ring is 1. The molecule has 0 unspecified atom stereocenters. The Morgan fingerprint density at radius 3 is 2.82 bits per heavy atom. The molecule has 2 aromatic rings. The van der Waals surface area contributed by atoms with Gasteiger partial charge in [0.25, 0.3) is 0 Å². The lowest BCUT2D eigenvalue weighted by molar-refractivity contribution is -0.134. The first-order valence-electron chi connectivity index (χ1n) is 5.77. The normalized spacial score (nSPS) is 16.2. The highest BCUT2D eigenvalue weighted by molar-refractivity contribution is 5.83. The third-order valence-electron chi connectivity index (χ3n) is 3.45. The summed E-state index contributed by atoms with van der Waals surface area (Å²) >= 11 is 0. The number of hydrogen-bond donors (Lipinski definition) is 1. The number of amides is 1. The van der Waals surface area contributed by atoms with E-state index in [2.05, 4.69) is 16.8 Å². The molecule has 1 aromatic carbocycles. The first kappa shape index (κ1) is 10.2. The number of carbonyl (C=O) groups is 1. The summed E-state index contributed by atoms with van der Waals surface area (Å²) in [5.41, 5.74) is 7.73. The molecule has 2 heterocycles. The Kier molecular flexibility index (Phi) is 2.11. The van der Waals surface area contributed by atoms with Gasteiger partial charge in [-0.25, -0.2) is 0 Å². The molecule has 1 saturated heterocycles. The molecule has 0 radical (unpaired) electrons. The molecule has 0 bridgehead atoms. The van der Waals surface area contributed by atoms with Gasteiger partial charge in [-0.15, -0.1) is 0 Å². The van der Waals surface area contributed by atoms with Gasteiger partial charge in [0.05, 0.1) is 6.04 Å². The maximum Gasteiger partial charge on any atom is 0.219 e. The van der Waals surface area contributed by atoms with E-state index in [1.807, 2.05) is 23.1 Å². The van der Waals surface area contributed by atoms with Gasteiger partial charge in [-0.1, -0.05) is 0 Å². The molecule has 4 nitrogen and oxygen atoms in total. The average Bonchev–Trinajstić information content (AvgIpc) is 2.58. The molecule has 0 saturated carbocycles. The lowest BCUT2D eigenvalue weighted by Gasteiger charge is -2.39. The molecule has 4 heteroatoms. The number of hydrogen-bond acceptors (Lipinski definition) is 2. The first-order valence-corrected chi connectivity index (χ1v) is 5.77. The summed E-state index contributed by atoms with van der Waals surface area (Å²) in [5, 5.41) is 1.16. The summed E-state index contributed by atoms with van der Waals surface area (Å²) in [6, 6.07) is 8.41. The number of nitrogens with zero attached hydrogens (tertiary/aromatic N) is 2. The van der Waals surface area contributed by atoms with Gasteiger partial charge in [-0.2, -0.15) is 0 Å². The van der Waals surface area contributed by atoms with Gasteiger partial charge in [-0.3, -0.25) is 4.79 Å². The maximum atomic E-state index is 11.1. The molecule has 1 amide bonds. The Morgan fingerprint density at radius 2 is 2.12 bits per heavy atom. The standard InChI is InChI=1S/C13H15N3O/c1-9(17)15-7-12(8-15)16-5-4-10-6-11(14)2-3-13(10)16/h2-6,12H,7-8,14H2,1H3. The molecule has 1 aromatic heterocycles. The highest BCUT2D eigenvalue weighted by Gasteiger charge is 2.30. The zero-order valence-electron chi connectivity index (χ0n) is 9.76. The molecule has 1 fully saturated rings. The lowest BCUT2D eigenvalue weighted by Crippen LogP contribution is -2.49. The van der Waals surface area contributed by atoms with Gasteiger partial charge in [0.1, 0.15) is 0 Å². The van der Waals surface area contributed by atoms with E-state index in [9.17, 15) is 4.79 Å². The average molecular weight is 229 g/mol. The number of carbonyl (C=O) groups excluding carboxylic acids is 1. The highest BCUT2D eigenvalue weighted by Crippen LogP contribution is 2.27. The van der Waals surface area contributed by atoms with Crippen LogP contribution in [0, 0.1) is 0 Å². The van der Waals surface area contributed by atoms with Crippen molar-refractivity contribution in [2.24, 2.45) is 0 Å². The Bertz CT molecular complexity index is 581. The van der Waals surface area contributed by atoms with Crippen LogP contribution in [0.25, 0.3) is 10.9 Å². The lowest BCUT2D eigenvalue weighted by atomic mass is 10.1. The summed E-state index contributed by atoms with van der Waals surface area (Å²) < 4.78 is 2.23. The summed E-state index contributed by atoms with van der Waals surface area (Å²) in [4.78, 5) is 13.0. The van der Waals surface area contributed by atoms with Crippen LogP contribution < -0.4 is 5.73 Å². The minimum Gasteiger partial charge on any atom is -0.399 e. The molecule has 3 rings (SSSR count). The number of benzene rings is 1. The summed E-state index contributed by atoms with van der Waals surface area (Å²) in [6.07, 6.45) is 2.08. The fourth-order valence-electron chi connectivity index (χ4n) is 2.39. The minimum absolute atomic E-state index is 0.155. The van der Waals surface area contributed by atoms with Crippen molar-refractivity contribution in [2.45, 2.75) is 13.0 Å². The first-order chi connectivity index (χ1) is 8.15. The largest absolute Gasteiger partial charge is 0.399 e. The number of likely N-dealkylation sites (tertiary alicyclic amines) is 1. The second-order valence-corrected chi connectivity index (χ2v) is 4.62. The van der Waals surface area contributed by atoms with E-state index in [0.717, 1.165) is 24.2 Å². The van der Waals surface area contributed by atoms with Gasteiger partial charge < -0.3 is 15.2 Å². The van der Waals surface area contributed by atoms with Gasteiger partial charge in [0.15, 0.2) is 0 Å². The van der Waals surface area contributed by atoms with Crippen LogP contribution in [-0.4, -0.2) is 28.5 Å². The quantitative estimate of drug-likeness (QED) is 0.755.